The first-order chi connectivity index (χ1) is 9.58. The summed E-state index contributed by atoms with van der Waals surface area (Å²) in [5, 5.41) is 13.8. The molecule has 0 heterocycles. The number of nitrogens with zero attached hydrogens (tertiary/aromatic N) is 1. The molecule has 0 saturated carbocycles. The van der Waals surface area contributed by atoms with E-state index in [0.717, 1.165) is 17.1 Å². The van der Waals surface area contributed by atoms with Crippen LogP contribution in [-0.4, -0.2) is 6.04 Å². The monoisotopic (exact) mass is 304 g/mol. The molecule has 1 atom stereocenters. The fourth-order valence-electron chi connectivity index (χ4n) is 2.02. The van der Waals surface area contributed by atoms with Crippen molar-refractivity contribution in [1.29, 1.82) is 5.26 Å². The number of rotatable bonds is 4. The largest absolute Gasteiger partial charge is 0.381 e. The highest BCUT2D eigenvalue weighted by molar-refractivity contribution is 6.31. The number of nitriles is 1. The molecular weight excluding hydrogens is 291 g/mol. The molecular formula is C16H14Cl2N2. The van der Waals surface area contributed by atoms with Gasteiger partial charge in [0.15, 0.2) is 0 Å². The van der Waals surface area contributed by atoms with Gasteiger partial charge in [0.05, 0.1) is 11.3 Å². The second kappa shape index (κ2) is 6.65. The lowest BCUT2D eigenvalue weighted by molar-refractivity contribution is 0.790. The van der Waals surface area contributed by atoms with Gasteiger partial charge in [0.1, 0.15) is 6.07 Å². The highest BCUT2D eigenvalue weighted by atomic mass is 35.5. The Morgan fingerprint density at radius 3 is 2.40 bits per heavy atom. The predicted octanol–water partition coefficient (Wildman–Crippen LogP) is 4.91. The van der Waals surface area contributed by atoms with Crippen molar-refractivity contribution >= 4 is 28.9 Å². The van der Waals surface area contributed by atoms with Gasteiger partial charge in [-0.05, 0) is 49.2 Å². The third kappa shape index (κ3) is 3.90. The van der Waals surface area contributed by atoms with Gasteiger partial charge in [0.2, 0.25) is 0 Å². The van der Waals surface area contributed by atoms with E-state index < -0.39 is 0 Å². The molecule has 0 bridgehead atoms. The number of nitrogens with one attached hydrogen (secondary N) is 1. The standard InChI is InChI=1S/C16H14Cl2N2/c1-11(8-12-2-5-14(17)6-3-12)20-16-9-15(18)7-4-13(16)10-19/h2-7,9,11,20H,8H2,1H3. The molecule has 0 aliphatic heterocycles. The average molecular weight is 305 g/mol. The van der Waals surface area contributed by atoms with Gasteiger partial charge in [-0.25, -0.2) is 0 Å². The van der Waals surface area contributed by atoms with Crippen LogP contribution >= 0.6 is 23.2 Å². The molecule has 0 radical (unpaired) electrons. The van der Waals surface area contributed by atoms with E-state index in [1.807, 2.05) is 24.3 Å². The number of hydrogen-bond donors (Lipinski definition) is 1. The molecule has 1 unspecified atom stereocenters. The van der Waals surface area contributed by atoms with Gasteiger partial charge < -0.3 is 5.32 Å². The molecule has 1 N–H and O–H groups in total. The molecule has 0 amide bonds. The Hall–Kier alpha value is -1.69. The topological polar surface area (TPSA) is 35.8 Å². The Morgan fingerprint density at radius 2 is 1.75 bits per heavy atom. The fraction of sp³-hybridized carbons (Fsp3) is 0.188. The minimum Gasteiger partial charge on any atom is -0.381 e. The van der Waals surface area contributed by atoms with E-state index in [1.165, 1.54) is 5.56 Å². The Kier molecular flexibility index (Phi) is 4.89. The van der Waals surface area contributed by atoms with E-state index in [-0.39, 0.29) is 6.04 Å². The van der Waals surface area contributed by atoms with Crippen LogP contribution in [0.25, 0.3) is 0 Å². The summed E-state index contributed by atoms with van der Waals surface area (Å²) < 4.78 is 0. The summed E-state index contributed by atoms with van der Waals surface area (Å²) in [5.74, 6) is 0. The molecule has 0 aromatic heterocycles. The Labute approximate surface area is 128 Å². The summed E-state index contributed by atoms with van der Waals surface area (Å²) in [7, 11) is 0. The molecule has 0 saturated heterocycles. The highest BCUT2D eigenvalue weighted by Crippen LogP contribution is 2.22. The fourth-order valence-corrected chi connectivity index (χ4v) is 2.32. The zero-order chi connectivity index (χ0) is 14.5. The second-order valence-electron chi connectivity index (χ2n) is 4.68. The first-order valence-electron chi connectivity index (χ1n) is 6.29. The first kappa shape index (κ1) is 14.7. The van der Waals surface area contributed by atoms with Gasteiger partial charge in [-0.3, -0.25) is 0 Å². The van der Waals surface area contributed by atoms with Crippen molar-refractivity contribution in [3.05, 3.63) is 63.6 Å². The molecule has 0 spiro atoms. The molecule has 2 rings (SSSR count). The van der Waals surface area contributed by atoms with Crippen LogP contribution in [0.4, 0.5) is 5.69 Å². The minimum atomic E-state index is 0.182. The molecule has 2 nitrogen and oxygen atoms in total. The van der Waals surface area contributed by atoms with Crippen LogP contribution in [0.15, 0.2) is 42.5 Å². The third-order valence-corrected chi connectivity index (χ3v) is 3.45. The Balaban J connectivity index is 2.08. The molecule has 0 aliphatic carbocycles. The van der Waals surface area contributed by atoms with Crippen LogP contribution in [0, 0.1) is 11.3 Å². The van der Waals surface area contributed by atoms with Gasteiger partial charge in [0, 0.05) is 16.1 Å². The third-order valence-electron chi connectivity index (χ3n) is 2.96. The SMILES string of the molecule is CC(Cc1ccc(Cl)cc1)Nc1cc(Cl)ccc1C#N. The maximum Gasteiger partial charge on any atom is 0.101 e. The van der Waals surface area contributed by atoms with Gasteiger partial charge in [-0.1, -0.05) is 35.3 Å². The highest BCUT2D eigenvalue weighted by Gasteiger charge is 2.08. The summed E-state index contributed by atoms with van der Waals surface area (Å²) in [6, 6.07) is 15.3. The normalized spacial score (nSPS) is 11.7. The van der Waals surface area contributed by atoms with E-state index in [0.29, 0.717) is 10.6 Å². The van der Waals surface area contributed by atoms with Crippen LogP contribution in [0.5, 0.6) is 0 Å². The summed E-state index contributed by atoms with van der Waals surface area (Å²) in [6.07, 6.45) is 0.842. The smallest absolute Gasteiger partial charge is 0.101 e. The summed E-state index contributed by atoms with van der Waals surface area (Å²) in [6.45, 7) is 2.07. The minimum absolute atomic E-state index is 0.182. The molecule has 0 fully saturated rings. The van der Waals surface area contributed by atoms with Crippen molar-refractivity contribution in [2.45, 2.75) is 19.4 Å². The van der Waals surface area contributed by atoms with Crippen molar-refractivity contribution in [2.24, 2.45) is 0 Å². The summed E-state index contributed by atoms with van der Waals surface area (Å²) in [5.41, 5.74) is 2.55. The molecule has 20 heavy (non-hydrogen) atoms. The summed E-state index contributed by atoms with van der Waals surface area (Å²) in [4.78, 5) is 0. The first-order valence-corrected chi connectivity index (χ1v) is 7.04. The lowest BCUT2D eigenvalue weighted by Gasteiger charge is -2.16. The Morgan fingerprint density at radius 1 is 1.10 bits per heavy atom. The zero-order valence-electron chi connectivity index (χ0n) is 11.0. The van der Waals surface area contributed by atoms with Crippen LogP contribution in [0.1, 0.15) is 18.1 Å². The number of halogens is 2. The van der Waals surface area contributed by atoms with Gasteiger partial charge in [-0.2, -0.15) is 5.26 Å². The van der Waals surface area contributed by atoms with Crippen molar-refractivity contribution < 1.29 is 0 Å². The number of anilines is 1. The molecule has 0 aliphatic rings. The Bertz CT molecular complexity index is 630. The second-order valence-corrected chi connectivity index (χ2v) is 5.55. The van der Waals surface area contributed by atoms with Crippen molar-refractivity contribution in [3.8, 4) is 6.07 Å². The molecule has 4 heteroatoms. The van der Waals surface area contributed by atoms with Crippen LogP contribution < -0.4 is 5.32 Å². The summed E-state index contributed by atoms with van der Waals surface area (Å²) >= 11 is 11.8. The van der Waals surface area contributed by atoms with Crippen LogP contribution in [0.2, 0.25) is 10.0 Å². The number of hydrogen-bond acceptors (Lipinski definition) is 2. The number of benzene rings is 2. The van der Waals surface area contributed by atoms with Gasteiger partial charge >= 0.3 is 0 Å². The van der Waals surface area contributed by atoms with Crippen molar-refractivity contribution in [2.75, 3.05) is 5.32 Å². The van der Waals surface area contributed by atoms with Crippen molar-refractivity contribution in [3.63, 3.8) is 0 Å². The van der Waals surface area contributed by atoms with E-state index in [2.05, 4.69) is 18.3 Å². The lowest BCUT2D eigenvalue weighted by atomic mass is 10.1. The molecule has 102 valence electrons. The molecule has 2 aromatic rings. The lowest BCUT2D eigenvalue weighted by Crippen LogP contribution is -2.18. The van der Waals surface area contributed by atoms with E-state index in [1.54, 1.807) is 18.2 Å². The zero-order valence-corrected chi connectivity index (χ0v) is 12.5. The van der Waals surface area contributed by atoms with E-state index in [4.69, 9.17) is 28.5 Å². The van der Waals surface area contributed by atoms with E-state index in [9.17, 15) is 0 Å². The maximum atomic E-state index is 9.09. The van der Waals surface area contributed by atoms with Gasteiger partial charge in [0.25, 0.3) is 0 Å². The van der Waals surface area contributed by atoms with Crippen LogP contribution in [-0.2, 0) is 6.42 Å². The van der Waals surface area contributed by atoms with E-state index >= 15 is 0 Å². The van der Waals surface area contributed by atoms with Crippen LogP contribution in [0.3, 0.4) is 0 Å². The maximum absolute atomic E-state index is 9.09. The quantitative estimate of drug-likeness (QED) is 0.871. The molecule has 2 aromatic carbocycles. The predicted molar refractivity (Wildman–Crippen MR) is 84.4 cm³/mol. The van der Waals surface area contributed by atoms with Gasteiger partial charge in [-0.15, -0.1) is 0 Å². The average Bonchev–Trinajstić information content (AvgIpc) is 2.41. The van der Waals surface area contributed by atoms with Crippen molar-refractivity contribution in [1.82, 2.24) is 0 Å².